The van der Waals surface area contributed by atoms with E-state index in [1.807, 2.05) is 19.9 Å². The van der Waals surface area contributed by atoms with Gasteiger partial charge in [-0.15, -0.1) is 0 Å². The van der Waals surface area contributed by atoms with Gasteiger partial charge in [0.2, 0.25) is 0 Å². The first kappa shape index (κ1) is 15.7. The van der Waals surface area contributed by atoms with Crippen molar-refractivity contribution in [3.63, 3.8) is 0 Å². The van der Waals surface area contributed by atoms with Gasteiger partial charge in [-0.3, -0.25) is 4.72 Å². The van der Waals surface area contributed by atoms with Crippen molar-refractivity contribution in [3.05, 3.63) is 48.0 Å². The van der Waals surface area contributed by atoms with Gasteiger partial charge in [-0.05, 0) is 32.0 Å². The van der Waals surface area contributed by atoms with Crippen molar-refractivity contribution in [1.29, 1.82) is 0 Å². The summed E-state index contributed by atoms with van der Waals surface area (Å²) in [5.41, 5.74) is 1.42. The molecule has 122 valence electrons. The Balaban J connectivity index is 1.98. The molecule has 6 heteroatoms. The highest BCUT2D eigenvalue weighted by Crippen LogP contribution is 2.38. The molecule has 1 heterocycles. The van der Waals surface area contributed by atoms with E-state index in [2.05, 4.69) is 4.72 Å². The molecule has 0 aromatic heterocycles. The lowest BCUT2D eigenvalue weighted by Gasteiger charge is -2.14. The van der Waals surface area contributed by atoms with E-state index in [-0.39, 0.29) is 11.0 Å². The van der Waals surface area contributed by atoms with Crippen LogP contribution in [-0.4, -0.2) is 21.1 Å². The SMILES string of the molecule is CCOc1cc2c(cc1NS(=O)(=O)c1ccccc1)O[C@@H](C)C2. The van der Waals surface area contributed by atoms with Gasteiger partial charge in [0.15, 0.2) is 0 Å². The minimum atomic E-state index is -3.67. The topological polar surface area (TPSA) is 64.6 Å². The number of rotatable bonds is 5. The second kappa shape index (κ2) is 6.12. The molecule has 0 fully saturated rings. The van der Waals surface area contributed by atoms with Crippen molar-refractivity contribution in [1.82, 2.24) is 0 Å². The lowest BCUT2D eigenvalue weighted by molar-refractivity contribution is 0.254. The Bertz CT molecular complexity index is 803. The summed E-state index contributed by atoms with van der Waals surface area (Å²) in [6.45, 7) is 4.30. The summed E-state index contributed by atoms with van der Waals surface area (Å²) in [7, 11) is -3.67. The highest BCUT2D eigenvalue weighted by Gasteiger charge is 2.24. The first-order valence-electron chi connectivity index (χ1n) is 7.54. The Kier molecular flexibility index (Phi) is 4.17. The first-order chi connectivity index (χ1) is 11.0. The molecular weight excluding hydrogens is 314 g/mol. The molecule has 0 saturated heterocycles. The molecule has 0 spiro atoms. The molecule has 0 amide bonds. The average Bonchev–Trinajstić information content (AvgIpc) is 2.87. The van der Waals surface area contributed by atoms with Gasteiger partial charge in [0, 0.05) is 18.1 Å². The molecular formula is C17H19NO4S. The van der Waals surface area contributed by atoms with Crippen LogP contribution in [0.15, 0.2) is 47.4 Å². The molecule has 5 nitrogen and oxygen atoms in total. The van der Waals surface area contributed by atoms with Crippen LogP contribution in [0.4, 0.5) is 5.69 Å². The van der Waals surface area contributed by atoms with Gasteiger partial charge in [-0.1, -0.05) is 18.2 Å². The molecule has 0 bridgehead atoms. The van der Waals surface area contributed by atoms with E-state index >= 15 is 0 Å². The maximum atomic E-state index is 12.5. The molecule has 1 aliphatic rings. The van der Waals surface area contributed by atoms with Crippen LogP contribution in [0.2, 0.25) is 0 Å². The maximum absolute atomic E-state index is 12.5. The summed E-state index contributed by atoms with van der Waals surface area (Å²) in [4.78, 5) is 0.206. The predicted molar refractivity (Wildman–Crippen MR) is 88.7 cm³/mol. The molecule has 3 rings (SSSR count). The number of hydrogen-bond acceptors (Lipinski definition) is 4. The monoisotopic (exact) mass is 333 g/mol. The number of sulfonamides is 1. The molecule has 23 heavy (non-hydrogen) atoms. The van der Waals surface area contributed by atoms with E-state index in [0.717, 1.165) is 12.0 Å². The summed E-state index contributed by atoms with van der Waals surface area (Å²) < 4.78 is 38.9. The highest BCUT2D eigenvalue weighted by atomic mass is 32.2. The minimum Gasteiger partial charge on any atom is -0.492 e. The Hall–Kier alpha value is -2.21. The van der Waals surface area contributed by atoms with Gasteiger partial charge in [0.25, 0.3) is 10.0 Å². The smallest absolute Gasteiger partial charge is 0.262 e. The third-order valence-corrected chi connectivity index (χ3v) is 4.98. The molecule has 0 radical (unpaired) electrons. The number of ether oxygens (including phenoxy) is 2. The van der Waals surface area contributed by atoms with Crippen LogP contribution in [0.3, 0.4) is 0 Å². The minimum absolute atomic E-state index is 0.0838. The van der Waals surface area contributed by atoms with Crippen LogP contribution in [0.25, 0.3) is 0 Å². The van der Waals surface area contributed by atoms with Crippen molar-refractivity contribution in [2.24, 2.45) is 0 Å². The van der Waals surface area contributed by atoms with Gasteiger partial charge in [-0.2, -0.15) is 0 Å². The second-order valence-electron chi connectivity index (χ2n) is 5.44. The summed E-state index contributed by atoms with van der Waals surface area (Å²) in [6.07, 6.45) is 0.877. The molecule has 0 aliphatic carbocycles. The van der Waals surface area contributed by atoms with Crippen molar-refractivity contribution in [2.45, 2.75) is 31.3 Å². The molecule has 1 aliphatic heterocycles. The Labute approximate surface area is 136 Å². The van der Waals surface area contributed by atoms with Gasteiger partial charge in [0.05, 0.1) is 17.2 Å². The number of fused-ring (bicyclic) bond motifs is 1. The zero-order valence-corrected chi connectivity index (χ0v) is 13.9. The van der Waals surface area contributed by atoms with Crippen LogP contribution >= 0.6 is 0 Å². The van der Waals surface area contributed by atoms with Crippen LogP contribution < -0.4 is 14.2 Å². The normalized spacial score (nSPS) is 16.5. The van der Waals surface area contributed by atoms with Crippen LogP contribution in [-0.2, 0) is 16.4 Å². The predicted octanol–water partition coefficient (Wildman–Crippen LogP) is 3.21. The van der Waals surface area contributed by atoms with Crippen molar-refractivity contribution in [3.8, 4) is 11.5 Å². The summed E-state index contributed by atoms with van der Waals surface area (Å²) in [5.74, 6) is 1.22. The number of nitrogens with one attached hydrogen (secondary N) is 1. The average molecular weight is 333 g/mol. The lowest BCUT2D eigenvalue weighted by Crippen LogP contribution is -2.14. The zero-order valence-electron chi connectivity index (χ0n) is 13.1. The van der Waals surface area contributed by atoms with Gasteiger partial charge in [-0.25, -0.2) is 8.42 Å². The van der Waals surface area contributed by atoms with E-state index < -0.39 is 10.0 Å². The Morgan fingerprint density at radius 1 is 1.26 bits per heavy atom. The summed E-state index contributed by atoms with van der Waals surface area (Å²) in [6, 6.07) is 11.8. The third kappa shape index (κ3) is 3.27. The quantitative estimate of drug-likeness (QED) is 0.912. The van der Waals surface area contributed by atoms with Crippen molar-refractivity contribution in [2.75, 3.05) is 11.3 Å². The third-order valence-electron chi connectivity index (χ3n) is 3.60. The fraction of sp³-hybridized carbons (Fsp3) is 0.294. The van der Waals surface area contributed by atoms with E-state index in [4.69, 9.17) is 9.47 Å². The lowest BCUT2D eigenvalue weighted by atomic mass is 10.1. The Morgan fingerprint density at radius 2 is 2.00 bits per heavy atom. The number of hydrogen-bond donors (Lipinski definition) is 1. The fourth-order valence-corrected chi connectivity index (χ4v) is 3.68. The largest absolute Gasteiger partial charge is 0.492 e. The first-order valence-corrected chi connectivity index (χ1v) is 9.02. The zero-order chi connectivity index (χ0) is 16.4. The number of anilines is 1. The van der Waals surface area contributed by atoms with Crippen LogP contribution in [0.1, 0.15) is 19.4 Å². The standard InChI is InChI=1S/C17H19NO4S/c1-3-21-17-10-13-9-12(2)22-16(13)11-15(17)18-23(19,20)14-7-5-4-6-8-14/h4-8,10-12,18H,3,9H2,1-2H3/t12-/m0/s1. The molecule has 0 unspecified atom stereocenters. The molecule has 1 N–H and O–H groups in total. The van der Waals surface area contributed by atoms with Crippen molar-refractivity contribution < 1.29 is 17.9 Å². The molecule has 2 aromatic rings. The summed E-state index contributed by atoms with van der Waals surface area (Å²) >= 11 is 0. The van der Waals surface area contributed by atoms with Crippen LogP contribution in [0.5, 0.6) is 11.5 Å². The van der Waals surface area contributed by atoms with E-state index in [1.54, 1.807) is 36.4 Å². The van der Waals surface area contributed by atoms with E-state index in [9.17, 15) is 8.42 Å². The fourth-order valence-electron chi connectivity index (χ4n) is 2.60. The van der Waals surface area contributed by atoms with Crippen molar-refractivity contribution >= 4 is 15.7 Å². The van der Waals surface area contributed by atoms with E-state index in [0.29, 0.717) is 23.8 Å². The van der Waals surface area contributed by atoms with E-state index in [1.165, 1.54) is 0 Å². The van der Waals surface area contributed by atoms with Crippen LogP contribution in [0, 0.1) is 0 Å². The van der Waals surface area contributed by atoms with Gasteiger partial charge < -0.3 is 9.47 Å². The highest BCUT2D eigenvalue weighted by molar-refractivity contribution is 7.92. The van der Waals surface area contributed by atoms with Gasteiger partial charge in [0.1, 0.15) is 17.6 Å². The molecule has 0 saturated carbocycles. The number of benzene rings is 2. The molecule has 1 atom stereocenters. The Morgan fingerprint density at radius 3 is 2.70 bits per heavy atom. The summed E-state index contributed by atoms with van der Waals surface area (Å²) in [5, 5.41) is 0. The maximum Gasteiger partial charge on any atom is 0.262 e. The second-order valence-corrected chi connectivity index (χ2v) is 7.12. The van der Waals surface area contributed by atoms with Gasteiger partial charge >= 0.3 is 0 Å². The molecule has 2 aromatic carbocycles.